The molecule has 0 aliphatic carbocycles. The van der Waals surface area contributed by atoms with Crippen molar-refractivity contribution in [3.8, 4) is 0 Å². The zero-order chi connectivity index (χ0) is 14.3. The van der Waals surface area contributed by atoms with E-state index < -0.39 is 5.97 Å². The van der Waals surface area contributed by atoms with Crippen molar-refractivity contribution in [2.24, 2.45) is 5.92 Å². The van der Waals surface area contributed by atoms with Crippen molar-refractivity contribution in [2.45, 2.75) is 39.7 Å². The topological polar surface area (TPSA) is 66.4 Å². The fourth-order valence-electron chi connectivity index (χ4n) is 1.82. The number of rotatable bonds is 7. The van der Waals surface area contributed by atoms with Crippen LogP contribution in [0, 0.1) is 5.92 Å². The van der Waals surface area contributed by atoms with Crippen LogP contribution in [0.4, 0.5) is 0 Å². The summed E-state index contributed by atoms with van der Waals surface area (Å²) >= 11 is 0. The molecule has 0 saturated heterocycles. The van der Waals surface area contributed by atoms with Crippen LogP contribution in [0.15, 0.2) is 24.3 Å². The van der Waals surface area contributed by atoms with E-state index in [-0.39, 0.29) is 17.4 Å². The molecule has 0 heterocycles. The van der Waals surface area contributed by atoms with Gasteiger partial charge in [-0.05, 0) is 24.1 Å². The predicted molar refractivity (Wildman–Crippen MR) is 73.9 cm³/mol. The Balaban J connectivity index is 2.50. The molecular weight excluding hydrogens is 242 g/mol. The molecule has 0 fully saturated rings. The fraction of sp³-hybridized carbons (Fsp3) is 0.467. The van der Waals surface area contributed by atoms with E-state index in [0.717, 1.165) is 24.8 Å². The van der Waals surface area contributed by atoms with Gasteiger partial charge < -0.3 is 10.4 Å². The molecule has 4 nitrogen and oxygen atoms in total. The number of hydrogen-bond donors (Lipinski definition) is 2. The Kier molecular flexibility index (Phi) is 6.06. The number of unbranched alkanes of at least 4 members (excludes halogenated alkanes) is 1. The Hall–Kier alpha value is -1.84. The Bertz CT molecular complexity index is 443. The first kappa shape index (κ1) is 15.2. The summed E-state index contributed by atoms with van der Waals surface area (Å²) < 4.78 is 0. The second-order valence-corrected chi connectivity index (χ2v) is 4.77. The predicted octanol–water partition coefficient (Wildman–Crippen LogP) is 2.83. The van der Waals surface area contributed by atoms with Gasteiger partial charge in [-0.3, -0.25) is 4.79 Å². The number of amides is 1. The van der Waals surface area contributed by atoms with Crippen molar-refractivity contribution in [1.29, 1.82) is 0 Å². The average molecular weight is 263 g/mol. The molecule has 0 radical (unpaired) electrons. The summed E-state index contributed by atoms with van der Waals surface area (Å²) in [6.45, 7) is 4.39. The molecule has 1 rings (SSSR count). The van der Waals surface area contributed by atoms with Crippen LogP contribution >= 0.6 is 0 Å². The van der Waals surface area contributed by atoms with Crippen LogP contribution in [0.3, 0.4) is 0 Å². The van der Waals surface area contributed by atoms with Crippen molar-refractivity contribution in [1.82, 2.24) is 5.32 Å². The molecule has 1 unspecified atom stereocenters. The molecule has 104 valence electrons. The molecule has 1 atom stereocenters. The number of hydrogen-bond acceptors (Lipinski definition) is 2. The van der Waals surface area contributed by atoms with Gasteiger partial charge in [0.15, 0.2) is 0 Å². The first-order valence-corrected chi connectivity index (χ1v) is 6.64. The number of carbonyl (C=O) groups excluding carboxylic acids is 1. The maximum atomic E-state index is 11.8. The Morgan fingerprint density at radius 3 is 2.74 bits per heavy atom. The van der Waals surface area contributed by atoms with E-state index >= 15 is 0 Å². The third-order valence-electron chi connectivity index (χ3n) is 3.08. The van der Waals surface area contributed by atoms with Gasteiger partial charge in [0.05, 0.1) is 5.56 Å². The molecule has 4 heteroatoms. The second-order valence-electron chi connectivity index (χ2n) is 4.77. The van der Waals surface area contributed by atoms with Gasteiger partial charge in [0, 0.05) is 12.5 Å². The molecule has 1 amide bonds. The van der Waals surface area contributed by atoms with E-state index in [0.29, 0.717) is 6.54 Å². The molecule has 1 aromatic rings. The highest BCUT2D eigenvalue weighted by atomic mass is 16.4. The SMILES string of the molecule is CCCCC(C)C(=O)NCc1cccc(C(=O)O)c1. The van der Waals surface area contributed by atoms with Crippen molar-refractivity contribution >= 4 is 11.9 Å². The van der Waals surface area contributed by atoms with Crippen LogP contribution in [-0.4, -0.2) is 17.0 Å². The van der Waals surface area contributed by atoms with Crippen molar-refractivity contribution in [3.05, 3.63) is 35.4 Å². The molecular formula is C15H21NO3. The summed E-state index contributed by atoms with van der Waals surface area (Å²) in [5.41, 5.74) is 1.04. The highest BCUT2D eigenvalue weighted by Gasteiger charge is 2.11. The molecule has 0 aliphatic heterocycles. The maximum absolute atomic E-state index is 11.8. The van der Waals surface area contributed by atoms with Crippen LogP contribution in [0.5, 0.6) is 0 Å². The minimum absolute atomic E-state index is 0.00241. The molecule has 0 aromatic heterocycles. The van der Waals surface area contributed by atoms with Gasteiger partial charge in [-0.2, -0.15) is 0 Å². The lowest BCUT2D eigenvalue weighted by molar-refractivity contribution is -0.124. The zero-order valence-corrected chi connectivity index (χ0v) is 11.5. The third kappa shape index (κ3) is 5.12. The first-order valence-electron chi connectivity index (χ1n) is 6.64. The van der Waals surface area contributed by atoms with E-state index in [1.54, 1.807) is 12.1 Å². The van der Waals surface area contributed by atoms with Gasteiger partial charge >= 0.3 is 5.97 Å². The summed E-state index contributed by atoms with van der Waals surface area (Å²) in [6.07, 6.45) is 3.01. The number of aromatic carboxylic acids is 1. The van der Waals surface area contributed by atoms with Gasteiger partial charge in [0.1, 0.15) is 0 Å². The highest BCUT2D eigenvalue weighted by molar-refractivity contribution is 5.87. The summed E-state index contributed by atoms with van der Waals surface area (Å²) in [5.74, 6) is -0.929. The van der Waals surface area contributed by atoms with E-state index in [9.17, 15) is 9.59 Å². The monoisotopic (exact) mass is 263 g/mol. The lowest BCUT2D eigenvalue weighted by atomic mass is 10.0. The highest BCUT2D eigenvalue weighted by Crippen LogP contribution is 2.09. The van der Waals surface area contributed by atoms with Crippen LogP contribution < -0.4 is 5.32 Å². The average Bonchev–Trinajstić information content (AvgIpc) is 2.42. The molecule has 0 bridgehead atoms. The molecule has 1 aromatic carbocycles. The third-order valence-corrected chi connectivity index (χ3v) is 3.08. The van der Waals surface area contributed by atoms with E-state index in [1.807, 2.05) is 13.0 Å². The van der Waals surface area contributed by atoms with Crippen molar-refractivity contribution < 1.29 is 14.7 Å². The van der Waals surface area contributed by atoms with Crippen LogP contribution in [0.25, 0.3) is 0 Å². The second kappa shape index (κ2) is 7.56. The zero-order valence-electron chi connectivity index (χ0n) is 11.5. The molecule has 0 aliphatic rings. The van der Waals surface area contributed by atoms with Crippen LogP contribution in [0.2, 0.25) is 0 Å². The Morgan fingerprint density at radius 2 is 2.11 bits per heavy atom. The Morgan fingerprint density at radius 1 is 1.37 bits per heavy atom. The summed E-state index contributed by atoms with van der Waals surface area (Å²) in [5, 5.41) is 11.7. The van der Waals surface area contributed by atoms with Gasteiger partial charge in [0.25, 0.3) is 0 Å². The quantitative estimate of drug-likeness (QED) is 0.795. The largest absolute Gasteiger partial charge is 0.478 e. The van der Waals surface area contributed by atoms with Gasteiger partial charge in [-0.15, -0.1) is 0 Å². The van der Waals surface area contributed by atoms with Crippen molar-refractivity contribution in [3.63, 3.8) is 0 Å². The molecule has 2 N–H and O–H groups in total. The van der Waals surface area contributed by atoms with E-state index in [2.05, 4.69) is 12.2 Å². The van der Waals surface area contributed by atoms with E-state index in [4.69, 9.17) is 5.11 Å². The molecule has 0 spiro atoms. The Labute approximate surface area is 113 Å². The van der Waals surface area contributed by atoms with Gasteiger partial charge in [-0.25, -0.2) is 4.79 Å². The normalized spacial score (nSPS) is 11.9. The fourth-order valence-corrected chi connectivity index (χ4v) is 1.82. The maximum Gasteiger partial charge on any atom is 0.335 e. The molecule has 0 saturated carbocycles. The van der Waals surface area contributed by atoms with Crippen molar-refractivity contribution in [2.75, 3.05) is 0 Å². The number of carboxylic acid groups (broad SMARTS) is 1. The summed E-state index contributed by atoms with van der Waals surface area (Å²) in [7, 11) is 0. The summed E-state index contributed by atoms with van der Waals surface area (Å²) in [6, 6.07) is 6.62. The smallest absolute Gasteiger partial charge is 0.335 e. The molecule has 19 heavy (non-hydrogen) atoms. The summed E-state index contributed by atoms with van der Waals surface area (Å²) in [4.78, 5) is 22.6. The lowest BCUT2D eigenvalue weighted by Gasteiger charge is -2.11. The van der Waals surface area contributed by atoms with E-state index in [1.165, 1.54) is 6.07 Å². The number of nitrogens with one attached hydrogen (secondary N) is 1. The minimum atomic E-state index is -0.954. The number of benzene rings is 1. The number of carbonyl (C=O) groups is 2. The van der Waals surface area contributed by atoms with Gasteiger partial charge in [-0.1, -0.05) is 38.8 Å². The first-order chi connectivity index (χ1) is 9.04. The lowest BCUT2D eigenvalue weighted by Crippen LogP contribution is -2.28. The minimum Gasteiger partial charge on any atom is -0.478 e. The van der Waals surface area contributed by atoms with Crippen LogP contribution in [0.1, 0.15) is 49.0 Å². The number of carboxylic acids is 1. The van der Waals surface area contributed by atoms with Gasteiger partial charge in [0.2, 0.25) is 5.91 Å². The standard InChI is InChI=1S/C15H21NO3/c1-3-4-6-11(2)14(17)16-10-12-7-5-8-13(9-12)15(18)19/h5,7-9,11H,3-4,6,10H2,1-2H3,(H,16,17)(H,18,19). The van der Waals surface area contributed by atoms with Crippen LogP contribution in [-0.2, 0) is 11.3 Å².